The van der Waals surface area contributed by atoms with Crippen LogP contribution in [0.4, 0.5) is 0 Å². The predicted octanol–water partition coefficient (Wildman–Crippen LogP) is 0.957. The number of nitrogens with zero attached hydrogens (tertiary/aromatic N) is 1. The number of thiol groups is 1. The summed E-state index contributed by atoms with van der Waals surface area (Å²) in [7, 11) is 0. The van der Waals surface area contributed by atoms with E-state index < -0.39 is 6.10 Å². The molecule has 2 atom stereocenters. The second-order valence-electron chi connectivity index (χ2n) is 4.43. The lowest BCUT2D eigenvalue weighted by molar-refractivity contribution is -0.129. The molecule has 1 aromatic carbocycles. The summed E-state index contributed by atoms with van der Waals surface area (Å²) in [4.78, 5) is 13.2. The van der Waals surface area contributed by atoms with Crippen molar-refractivity contribution in [3.8, 4) is 5.75 Å². The number of likely N-dealkylation sites (tertiary alicyclic amines) is 1. The topological polar surface area (TPSA) is 49.8 Å². The van der Waals surface area contributed by atoms with Crippen LogP contribution in [0.2, 0.25) is 0 Å². The van der Waals surface area contributed by atoms with Gasteiger partial charge in [0, 0.05) is 24.8 Å². The van der Waals surface area contributed by atoms with Gasteiger partial charge in [-0.15, -0.1) is 0 Å². The minimum atomic E-state index is -0.673. The molecule has 1 amide bonds. The molecule has 1 N–H and O–H groups in total. The van der Waals surface area contributed by atoms with E-state index in [-0.39, 0.29) is 17.8 Å². The van der Waals surface area contributed by atoms with Gasteiger partial charge >= 0.3 is 0 Å². The van der Waals surface area contributed by atoms with Crippen LogP contribution < -0.4 is 4.74 Å². The minimum absolute atomic E-state index is 0.0498. The van der Waals surface area contributed by atoms with Gasteiger partial charge in [0.2, 0.25) is 5.91 Å². The molecule has 1 aliphatic rings. The van der Waals surface area contributed by atoms with Crippen LogP contribution >= 0.6 is 12.6 Å². The van der Waals surface area contributed by atoms with Gasteiger partial charge in [0.15, 0.2) is 0 Å². The molecular weight excluding hydrogens is 250 g/mol. The van der Waals surface area contributed by atoms with E-state index in [0.717, 1.165) is 5.75 Å². The first-order valence-electron chi connectivity index (χ1n) is 5.97. The molecule has 0 radical (unpaired) electrons. The van der Waals surface area contributed by atoms with E-state index in [0.29, 0.717) is 19.5 Å². The smallest absolute Gasteiger partial charge is 0.223 e. The third-order valence-corrected chi connectivity index (χ3v) is 3.16. The second-order valence-corrected chi connectivity index (χ2v) is 5.16. The molecule has 1 heterocycles. The van der Waals surface area contributed by atoms with Crippen LogP contribution in [0.25, 0.3) is 0 Å². The fraction of sp³-hybridized carbons (Fsp3) is 0.462. The third-order valence-electron chi connectivity index (χ3n) is 2.81. The van der Waals surface area contributed by atoms with Crippen molar-refractivity contribution in [1.29, 1.82) is 0 Å². The molecule has 1 saturated heterocycles. The predicted molar refractivity (Wildman–Crippen MR) is 71.9 cm³/mol. The molecule has 1 fully saturated rings. The fourth-order valence-corrected chi connectivity index (χ4v) is 2.30. The largest absolute Gasteiger partial charge is 0.491 e. The van der Waals surface area contributed by atoms with Crippen molar-refractivity contribution >= 4 is 18.5 Å². The Morgan fingerprint density at radius 2 is 2.17 bits per heavy atom. The first-order valence-corrected chi connectivity index (χ1v) is 6.48. The van der Waals surface area contributed by atoms with Gasteiger partial charge < -0.3 is 14.7 Å². The molecule has 0 aliphatic carbocycles. The molecular formula is C13H17NO3S. The highest BCUT2D eigenvalue weighted by Crippen LogP contribution is 2.16. The summed E-state index contributed by atoms with van der Waals surface area (Å²) in [5.74, 6) is 0.769. The summed E-state index contributed by atoms with van der Waals surface area (Å²) in [6.45, 7) is 1.10. The molecule has 0 aromatic heterocycles. The highest BCUT2D eigenvalue weighted by Gasteiger charge is 2.28. The molecule has 4 nitrogen and oxygen atoms in total. The maximum Gasteiger partial charge on any atom is 0.223 e. The Bertz CT molecular complexity index is 398. The van der Waals surface area contributed by atoms with Crippen molar-refractivity contribution in [1.82, 2.24) is 4.90 Å². The summed E-state index contributed by atoms with van der Waals surface area (Å²) in [5.41, 5.74) is 0. The Hall–Kier alpha value is -1.20. The number of hydrogen-bond donors (Lipinski definition) is 2. The molecule has 0 bridgehead atoms. The van der Waals surface area contributed by atoms with E-state index >= 15 is 0 Å². The first kappa shape index (κ1) is 13.2. The lowest BCUT2D eigenvalue weighted by Gasteiger charge is -2.20. The van der Waals surface area contributed by atoms with Gasteiger partial charge in [0.1, 0.15) is 18.5 Å². The Labute approximate surface area is 112 Å². The van der Waals surface area contributed by atoms with Crippen molar-refractivity contribution in [2.24, 2.45) is 0 Å². The van der Waals surface area contributed by atoms with Gasteiger partial charge in [-0.1, -0.05) is 18.2 Å². The van der Waals surface area contributed by atoms with Crippen LogP contribution in [-0.2, 0) is 4.79 Å². The van der Waals surface area contributed by atoms with Gasteiger partial charge in [-0.3, -0.25) is 4.79 Å². The number of para-hydroxylation sites is 1. The molecule has 98 valence electrons. The number of ether oxygens (including phenoxy) is 1. The summed E-state index contributed by atoms with van der Waals surface area (Å²) in [6, 6.07) is 9.31. The number of aliphatic hydroxyl groups is 1. The van der Waals surface area contributed by atoms with Crippen LogP contribution in [0.5, 0.6) is 5.75 Å². The molecule has 0 spiro atoms. The first-order chi connectivity index (χ1) is 8.65. The number of amides is 1. The van der Waals surface area contributed by atoms with Crippen molar-refractivity contribution in [3.63, 3.8) is 0 Å². The van der Waals surface area contributed by atoms with Crippen molar-refractivity contribution < 1.29 is 14.6 Å². The average Bonchev–Trinajstić information content (AvgIpc) is 2.67. The van der Waals surface area contributed by atoms with Gasteiger partial charge in [0.25, 0.3) is 0 Å². The Morgan fingerprint density at radius 1 is 1.44 bits per heavy atom. The highest BCUT2D eigenvalue weighted by molar-refractivity contribution is 7.81. The summed E-state index contributed by atoms with van der Waals surface area (Å²) >= 11 is 4.27. The van der Waals surface area contributed by atoms with Gasteiger partial charge in [0.05, 0.1) is 0 Å². The summed E-state index contributed by atoms with van der Waals surface area (Å²) < 4.78 is 5.43. The second kappa shape index (κ2) is 6.11. The maximum absolute atomic E-state index is 11.5. The van der Waals surface area contributed by atoms with Crippen molar-refractivity contribution in [3.05, 3.63) is 30.3 Å². The number of β-amino-alcohol motifs (C(OH)–C–C–N with tert-alkyl or cyclic N) is 1. The van der Waals surface area contributed by atoms with Gasteiger partial charge in [-0.2, -0.15) is 12.6 Å². The van der Waals surface area contributed by atoms with E-state index in [1.807, 2.05) is 30.3 Å². The van der Waals surface area contributed by atoms with Gasteiger partial charge in [-0.25, -0.2) is 0 Å². The highest BCUT2D eigenvalue weighted by atomic mass is 32.1. The minimum Gasteiger partial charge on any atom is -0.491 e. The Kier molecular flexibility index (Phi) is 4.49. The van der Waals surface area contributed by atoms with E-state index in [2.05, 4.69) is 12.6 Å². The SMILES string of the molecule is O=C1CC(S)CN1CC(O)COc1ccccc1. The zero-order valence-corrected chi connectivity index (χ0v) is 10.9. The maximum atomic E-state index is 11.5. The van der Waals surface area contributed by atoms with Gasteiger partial charge in [-0.05, 0) is 12.1 Å². The number of benzene rings is 1. The zero-order valence-electron chi connectivity index (χ0n) is 10.0. The number of hydrogen-bond acceptors (Lipinski definition) is 4. The van der Waals surface area contributed by atoms with Crippen LogP contribution in [0, 0.1) is 0 Å². The molecule has 5 heteroatoms. The fourth-order valence-electron chi connectivity index (χ4n) is 1.94. The van der Waals surface area contributed by atoms with E-state index in [9.17, 15) is 9.90 Å². The monoisotopic (exact) mass is 267 g/mol. The molecule has 0 saturated carbocycles. The third kappa shape index (κ3) is 3.65. The average molecular weight is 267 g/mol. The Balaban J connectivity index is 1.75. The van der Waals surface area contributed by atoms with Crippen LogP contribution in [0.15, 0.2) is 30.3 Å². The molecule has 2 unspecified atom stereocenters. The lowest BCUT2D eigenvalue weighted by Crippen LogP contribution is -2.36. The number of rotatable bonds is 5. The van der Waals surface area contributed by atoms with Crippen LogP contribution in [0.3, 0.4) is 0 Å². The quantitative estimate of drug-likeness (QED) is 0.781. The molecule has 2 rings (SSSR count). The van der Waals surface area contributed by atoms with E-state index in [1.54, 1.807) is 4.90 Å². The van der Waals surface area contributed by atoms with Crippen molar-refractivity contribution in [2.75, 3.05) is 19.7 Å². The van der Waals surface area contributed by atoms with Crippen LogP contribution in [-0.4, -0.2) is 47.0 Å². The zero-order chi connectivity index (χ0) is 13.0. The van der Waals surface area contributed by atoms with E-state index in [1.165, 1.54) is 0 Å². The summed E-state index contributed by atoms with van der Waals surface area (Å²) in [6.07, 6.45) is -0.220. The summed E-state index contributed by atoms with van der Waals surface area (Å²) in [5, 5.41) is 9.91. The standard InChI is InChI=1S/C13H17NO3S/c15-10(7-14-8-12(18)6-13(14)16)9-17-11-4-2-1-3-5-11/h1-5,10,12,15,18H,6-9H2. The Morgan fingerprint density at radius 3 is 2.78 bits per heavy atom. The number of aliphatic hydroxyl groups excluding tert-OH is 1. The lowest BCUT2D eigenvalue weighted by atomic mass is 10.3. The normalized spacial score (nSPS) is 21.1. The molecule has 18 heavy (non-hydrogen) atoms. The number of carbonyl (C=O) groups is 1. The van der Waals surface area contributed by atoms with Crippen molar-refractivity contribution in [2.45, 2.75) is 17.8 Å². The van der Waals surface area contributed by atoms with E-state index in [4.69, 9.17) is 4.74 Å². The van der Waals surface area contributed by atoms with Crippen LogP contribution in [0.1, 0.15) is 6.42 Å². The molecule has 1 aromatic rings. The number of carbonyl (C=O) groups excluding carboxylic acids is 1. The molecule has 1 aliphatic heterocycles.